The molecular formula is C27H27NO5. The highest BCUT2D eigenvalue weighted by atomic mass is 16.5. The van der Waals surface area contributed by atoms with E-state index >= 15 is 0 Å². The third-order valence-corrected chi connectivity index (χ3v) is 5.39. The topological polar surface area (TPSA) is 65.1 Å². The lowest BCUT2D eigenvalue weighted by Crippen LogP contribution is -2.39. The van der Waals surface area contributed by atoms with Crippen molar-refractivity contribution in [1.82, 2.24) is 0 Å². The molecule has 1 heterocycles. The maximum absolute atomic E-state index is 13.0. The average Bonchev–Trinajstić information content (AvgIpc) is 2.85. The van der Waals surface area contributed by atoms with Crippen molar-refractivity contribution in [1.29, 1.82) is 0 Å². The summed E-state index contributed by atoms with van der Waals surface area (Å²) in [6.45, 7) is 4.80. The minimum absolute atomic E-state index is 0.0187. The fourth-order valence-electron chi connectivity index (χ4n) is 3.67. The molecule has 1 aliphatic rings. The molecule has 0 spiro atoms. The van der Waals surface area contributed by atoms with E-state index in [9.17, 15) is 9.59 Å². The van der Waals surface area contributed by atoms with Gasteiger partial charge in [-0.2, -0.15) is 0 Å². The number of nitrogens with zero attached hydrogens (tertiary/aromatic N) is 1. The normalized spacial score (nSPS) is 13.6. The van der Waals surface area contributed by atoms with Crippen LogP contribution in [0.15, 0.2) is 72.8 Å². The predicted octanol–water partition coefficient (Wildman–Crippen LogP) is 5.05. The Hall–Kier alpha value is -3.80. The average molecular weight is 446 g/mol. The highest BCUT2D eigenvalue weighted by Gasteiger charge is 2.27. The van der Waals surface area contributed by atoms with Gasteiger partial charge < -0.3 is 19.1 Å². The van der Waals surface area contributed by atoms with Crippen molar-refractivity contribution in [2.24, 2.45) is 0 Å². The van der Waals surface area contributed by atoms with Gasteiger partial charge in [-0.05, 0) is 61.4 Å². The Morgan fingerprint density at radius 3 is 2.48 bits per heavy atom. The summed E-state index contributed by atoms with van der Waals surface area (Å²) in [5, 5.41) is 0. The smallest absolute Gasteiger partial charge is 0.265 e. The first-order chi connectivity index (χ1) is 16.0. The predicted molar refractivity (Wildman–Crippen MR) is 126 cm³/mol. The van der Waals surface area contributed by atoms with Crippen LogP contribution in [0.5, 0.6) is 17.2 Å². The second-order valence-electron chi connectivity index (χ2n) is 7.89. The number of Topliss-reactive ketones (excluding diaryl/α,β-unsaturated/α-hetero) is 1. The Morgan fingerprint density at radius 1 is 1.03 bits per heavy atom. The van der Waals surface area contributed by atoms with Crippen molar-refractivity contribution in [2.45, 2.75) is 33.0 Å². The van der Waals surface area contributed by atoms with Crippen LogP contribution in [-0.2, 0) is 11.4 Å². The molecule has 0 aliphatic carbocycles. The maximum Gasteiger partial charge on any atom is 0.265 e. The molecule has 0 aromatic heterocycles. The zero-order valence-corrected chi connectivity index (χ0v) is 18.8. The summed E-state index contributed by atoms with van der Waals surface area (Å²) in [5.74, 6) is 1.64. The van der Waals surface area contributed by atoms with Crippen molar-refractivity contribution in [3.63, 3.8) is 0 Å². The molecule has 4 rings (SSSR count). The van der Waals surface area contributed by atoms with E-state index in [1.165, 1.54) is 0 Å². The van der Waals surface area contributed by atoms with Gasteiger partial charge in [-0.25, -0.2) is 0 Å². The van der Waals surface area contributed by atoms with Gasteiger partial charge >= 0.3 is 0 Å². The maximum atomic E-state index is 13.0. The summed E-state index contributed by atoms with van der Waals surface area (Å²) in [4.78, 5) is 26.9. The number of carbonyl (C=O) groups excluding carboxylic acids is 2. The van der Waals surface area contributed by atoms with Crippen molar-refractivity contribution in [3.05, 3.63) is 83.9 Å². The first kappa shape index (κ1) is 22.4. The fourth-order valence-corrected chi connectivity index (χ4v) is 3.67. The van der Waals surface area contributed by atoms with E-state index in [0.717, 1.165) is 17.7 Å². The monoisotopic (exact) mass is 445 g/mol. The molecule has 0 fully saturated rings. The van der Waals surface area contributed by atoms with Crippen LogP contribution in [0, 0.1) is 0 Å². The van der Waals surface area contributed by atoms with Crippen LogP contribution in [0.2, 0.25) is 0 Å². The third-order valence-electron chi connectivity index (χ3n) is 5.39. The molecule has 1 atom stereocenters. The molecule has 3 aromatic rings. The minimum atomic E-state index is -0.695. The van der Waals surface area contributed by atoms with Gasteiger partial charge in [0.15, 0.2) is 12.7 Å². The minimum Gasteiger partial charge on any atom is -0.489 e. The largest absolute Gasteiger partial charge is 0.489 e. The zero-order chi connectivity index (χ0) is 23.2. The zero-order valence-electron chi connectivity index (χ0n) is 18.8. The van der Waals surface area contributed by atoms with Crippen molar-refractivity contribution < 1.29 is 23.8 Å². The summed E-state index contributed by atoms with van der Waals surface area (Å²) in [6.07, 6.45) is 0.118. The Bertz CT molecular complexity index is 1110. The van der Waals surface area contributed by atoms with Gasteiger partial charge in [0.2, 0.25) is 5.78 Å². The van der Waals surface area contributed by atoms with Crippen molar-refractivity contribution >= 4 is 17.4 Å². The lowest BCUT2D eigenvalue weighted by atomic mass is 10.0. The van der Waals surface area contributed by atoms with Gasteiger partial charge in [-0.3, -0.25) is 9.59 Å². The van der Waals surface area contributed by atoms with E-state index in [0.29, 0.717) is 35.9 Å². The fraction of sp³-hybridized carbons (Fsp3) is 0.259. The Balaban J connectivity index is 1.40. The van der Waals surface area contributed by atoms with Gasteiger partial charge in [0.05, 0.1) is 5.69 Å². The lowest BCUT2D eigenvalue weighted by Gasteiger charge is -2.29. The molecule has 33 heavy (non-hydrogen) atoms. The molecule has 6 nitrogen and oxygen atoms in total. The molecule has 0 saturated heterocycles. The highest BCUT2D eigenvalue weighted by molar-refractivity contribution is 6.03. The van der Waals surface area contributed by atoms with Crippen LogP contribution in [-0.4, -0.2) is 30.9 Å². The van der Waals surface area contributed by atoms with Gasteiger partial charge in [-0.15, -0.1) is 0 Å². The number of amides is 1. The van der Waals surface area contributed by atoms with E-state index in [1.807, 2.05) is 49.4 Å². The number of fused-ring (bicyclic) bond motifs is 1. The van der Waals surface area contributed by atoms with Gasteiger partial charge in [0.1, 0.15) is 23.9 Å². The summed E-state index contributed by atoms with van der Waals surface area (Å²) >= 11 is 0. The first-order valence-electron chi connectivity index (χ1n) is 11.1. The first-order valence-corrected chi connectivity index (χ1v) is 11.1. The summed E-state index contributed by atoms with van der Waals surface area (Å²) in [6, 6.07) is 22.3. The van der Waals surface area contributed by atoms with Crippen LogP contribution in [0.3, 0.4) is 0 Å². The van der Waals surface area contributed by atoms with E-state index in [4.69, 9.17) is 14.2 Å². The Labute approximate surface area is 193 Å². The number of hydrogen-bond acceptors (Lipinski definition) is 5. The van der Waals surface area contributed by atoms with Crippen LogP contribution < -0.4 is 19.1 Å². The molecule has 1 amide bonds. The van der Waals surface area contributed by atoms with Crippen LogP contribution in [0.4, 0.5) is 5.69 Å². The van der Waals surface area contributed by atoms with Gasteiger partial charge in [-0.1, -0.05) is 37.3 Å². The number of ketones is 1. The molecule has 0 radical (unpaired) electrons. The third kappa shape index (κ3) is 5.34. The second kappa shape index (κ2) is 10.2. The molecular weight excluding hydrogens is 418 g/mol. The van der Waals surface area contributed by atoms with Crippen LogP contribution in [0.1, 0.15) is 36.2 Å². The Morgan fingerprint density at radius 2 is 1.76 bits per heavy atom. The molecule has 6 heteroatoms. The number of ether oxygens (including phenoxy) is 3. The molecule has 170 valence electrons. The number of carbonyl (C=O) groups is 2. The Kier molecular flexibility index (Phi) is 6.93. The molecule has 3 aromatic carbocycles. The van der Waals surface area contributed by atoms with Crippen molar-refractivity contribution in [2.75, 3.05) is 18.1 Å². The van der Waals surface area contributed by atoms with E-state index in [1.54, 1.807) is 42.2 Å². The SMILES string of the molecule is CCCN1C(=O)COc2ccc(C(=O)C(C)Oc3ccc(OCc4ccccc4)cc3)cc21. The van der Waals surface area contributed by atoms with Crippen molar-refractivity contribution in [3.8, 4) is 17.2 Å². The highest BCUT2D eigenvalue weighted by Crippen LogP contribution is 2.33. The summed E-state index contributed by atoms with van der Waals surface area (Å²) in [5.41, 5.74) is 2.20. The second-order valence-corrected chi connectivity index (χ2v) is 7.89. The quantitative estimate of drug-likeness (QED) is 0.431. The number of hydrogen-bond donors (Lipinski definition) is 0. The van der Waals surface area contributed by atoms with Crippen LogP contribution >= 0.6 is 0 Å². The molecule has 0 bridgehead atoms. The molecule has 1 aliphatic heterocycles. The standard InChI is InChI=1S/C27H27NO5/c1-3-15-28-24-16-21(9-14-25(24)32-18-26(28)29)27(30)19(2)33-23-12-10-22(11-13-23)31-17-20-7-5-4-6-8-20/h4-14,16,19H,3,15,17-18H2,1-2H3. The van der Waals surface area contributed by atoms with Crippen LogP contribution in [0.25, 0.3) is 0 Å². The van der Waals surface area contributed by atoms with E-state index in [2.05, 4.69) is 0 Å². The van der Waals surface area contributed by atoms with Gasteiger partial charge in [0, 0.05) is 12.1 Å². The number of anilines is 1. The summed E-state index contributed by atoms with van der Waals surface area (Å²) in [7, 11) is 0. The molecule has 0 saturated carbocycles. The number of rotatable bonds is 9. The van der Waals surface area contributed by atoms with E-state index < -0.39 is 6.10 Å². The van der Waals surface area contributed by atoms with E-state index in [-0.39, 0.29) is 18.3 Å². The lowest BCUT2D eigenvalue weighted by molar-refractivity contribution is -0.121. The molecule has 1 unspecified atom stereocenters. The number of benzene rings is 3. The molecule has 0 N–H and O–H groups in total. The van der Waals surface area contributed by atoms with Gasteiger partial charge in [0.25, 0.3) is 5.91 Å². The summed E-state index contributed by atoms with van der Waals surface area (Å²) < 4.78 is 17.2.